The first-order valence-corrected chi connectivity index (χ1v) is 10.3. The van der Waals surface area contributed by atoms with Crippen LogP contribution in [0.1, 0.15) is 63.6 Å². The van der Waals surface area contributed by atoms with Crippen molar-refractivity contribution in [2.75, 3.05) is 0 Å². The van der Waals surface area contributed by atoms with E-state index in [4.69, 9.17) is 0 Å². The summed E-state index contributed by atoms with van der Waals surface area (Å²) in [5.74, 6) is -0.341. The molecule has 156 valence electrons. The van der Waals surface area contributed by atoms with E-state index in [9.17, 15) is 9.59 Å². The van der Waals surface area contributed by atoms with Crippen molar-refractivity contribution in [3.05, 3.63) is 59.8 Å². The molecule has 2 heterocycles. The summed E-state index contributed by atoms with van der Waals surface area (Å²) in [6.07, 6.45) is 0. The minimum Gasteiger partial charge on any atom is -0.350 e. The number of amides is 2. The van der Waals surface area contributed by atoms with Crippen molar-refractivity contribution in [3.8, 4) is 11.1 Å². The van der Waals surface area contributed by atoms with Gasteiger partial charge in [-0.05, 0) is 58.7 Å². The molecule has 3 aromatic rings. The van der Waals surface area contributed by atoms with Gasteiger partial charge in [-0.2, -0.15) is 0 Å². The Kier molecular flexibility index (Phi) is 4.53. The Bertz CT molecular complexity index is 1150. The first kappa shape index (κ1) is 20.2. The maximum absolute atomic E-state index is 13.9. The molecule has 1 aliphatic rings. The summed E-state index contributed by atoms with van der Waals surface area (Å²) in [4.78, 5) is 32.5. The highest BCUT2D eigenvalue weighted by atomic mass is 16.2. The van der Waals surface area contributed by atoms with E-state index in [0.717, 1.165) is 27.6 Å². The lowest BCUT2D eigenvalue weighted by atomic mass is 9.92. The normalized spacial score (nSPS) is 16.8. The third-order valence-electron chi connectivity index (χ3n) is 5.39. The predicted molar refractivity (Wildman–Crippen MR) is 120 cm³/mol. The number of rotatable bonds is 1. The van der Waals surface area contributed by atoms with E-state index < -0.39 is 17.1 Å². The summed E-state index contributed by atoms with van der Waals surface area (Å²) in [5, 5.41) is 4.08. The number of aromatic amines is 1. The van der Waals surface area contributed by atoms with Gasteiger partial charge in [0.05, 0.1) is 0 Å². The fourth-order valence-electron chi connectivity index (χ4n) is 4.31. The lowest BCUT2D eigenvalue weighted by molar-refractivity contribution is -0.129. The molecule has 0 spiro atoms. The Morgan fingerprint density at radius 2 is 1.60 bits per heavy atom. The molecule has 2 amide bonds. The summed E-state index contributed by atoms with van der Waals surface area (Å²) in [7, 11) is 0. The second-order valence-electron chi connectivity index (χ2n) is 10.00. The van der Waals surface area contributed by atoms with Gasteiger partial charge in [-0.1, -0.05) is 42.5 Å². The fraction of sp³-hybridized carbons (Fsp3) is 0.360. The number of benzene rings is 2. The van der Waals surface area contributed by atoms with Gasteiger partial charge >= 0.3 is 0 Å². The van der Waals surface area contributed by atoms with Crippen LogP contribution in [-0.4, -0.2) is 32.8 Å². The van der Waals surface area contributed by atoms with Crippen LogP contribution in [0.25, 0.3) is 22.0 Å². The van der Waals surface area contributed by atoms with E-state index in [1.165, 1.54) is 0 Å². The maximum Gasteiger partial charge on any atom is 0.272 e. The molecule has 4 rings (SSSR count). The zero-order valence-electron chi connectivity index (χ0n) is 18.5. The quantitative estimate of drug-likeness (QED) is 0.597. The van der Waals surface area contributed by atoms with Gasteiger partial charge in [-0.3, -0.25) is 9.59 Å². The highest BCUT2D eigenvalue weighted by Gasteiger charge is 2.44. The molecule has 0 bridgehead atoms. The average Bonchev–Trinajstić information content (AvgIpc) is 2.97. The van der Waals surface area contributed by atoms with Crippen molar-refractivity contribution in [2.24, 2.45) is 0 Å². The molecule has 5 heteroatoms. The van der Waals surface area contributed by atoms with Crippen molar-refractivity contribution >= 4 is 22.7 Å². The summed E-state index contributed by atoms with van der Waals surface area (Å²) < 4.78 is 0. The van der Waals surface area contributed by atoms with E-state index in [1.807, 2.05) is 90.1 Å². The number of para-hydroxylation sites is 1. The van der Waals surface area contributed by atoms with Crippen LogP contribution in [0.4, 0.5) is 0 Å². The third-order valence-corrected chi connectivity index (χ3v) is 5.39. The number of hydrogen-bond acceptors (Lipinski definition) is 2. The predicted octanol–water partition coefficient (Wildman–Crippen LogP) is 5.05. The summed E-state index contributed by atoms with van der Waals surface area (Å²) in [6, 6.07) is 15.1. The van der Waals surface area contributed by atoms with Crippen molar-refractivity contribution in [1.29, 1.82) is 0 Å². The van der Waals surface area contributed by atoms with Crippen LogP contribution in [0.3, 0.4) is 0 Å². The van der Waals surface area contributed by atoms with E-state index >= 15 is 0 Å². The first-order valence-electron chi connectivity index (χ1n) is 10.3. The molecular formula is C25H29N3O2. The number of carbonyl (C=O) groups is 2. The van der Waals surface area contributed by atoms with Gasteiger partial charge < -0.3 is 15.2 Å². The van der Waals surface area contributed by atoms with Crippen molar-refractivity contribution in [3.63, 3.8) is 0 Å². The van der Waals surface area contributed by atoms with Crippen molar-refractivity contribution in [1.82, 2.24) is 15.2 Å². The summed E-state index contributed by atoms with van der Waals surface area (Å²) in [6.45, 7) is 11.8. The zero-order chi connectivity index (χ0) is 21.8. The maximum atomic E-state index is 13.9. The lowest BCUT2D eigenvalue weighted by Crippen LogP contribution is -2.54. The first-order chi connectivity index (χ1) is 14.0. The van der Waals surface area contributed by atoms with Crippen LogP contribution in [0, 0.1) is 0 Å². The van der Waals surface area contributed by atoms with Gasteiger partial charge in [0, 0.05) is 27.5 Å². The van der Waals surface area contributed by atoms with Gasteiger partial charge in [0.15, 0.2) is 0 Å². The number of nitrogens with one attached hydrogen (secondary N) is 2. The zero-order valence-corrected chi connectivity index (χ0v) is 18.5. The van der Waals surface area contributed by atoms with Gasteiger partial charge in [0.1, 0.15) is 11.7 Å². The van der Waals surface area contributed by atoms with Crippen molar-refractivity contribution in [2.45, 2.75) is 58.7 Å². The van der Waals surface area contributed by atoms with E-state index in [2.05, 4.69) is 10.3 Å². The Hall–Kier alpha value is -3.08. The number of nitrogens with zero attached hydrogens (tertiary/aromatic N) is 1. The lowest BCUT2D eigenvalue weighted by Gasteiger charge is -2.41. The molecule has 0 fully saturated rings. The van der Waals surface area contributed by atoms with E-state index in [-0.39, 0.29) is 11.8 Å². The molecule has 0 saturated heterocycles. The van der Waals surface area contributed by atoms with Gasteiger partial charge in [0.2, 0.25) is 5.91 Å². The van der Waals surface area contributed by atoms with Crippen LogP contribution in [0.2, 0.25) is 0 Å². The average molecular weight is 404 g/mol. The number of H-pyrrole nitrogens is 1. The number of carbonyl (C=O) groups excluding carboxylic acids is 2. The van der Waals surface area contributed by atoms with Crippen LogP contribution < -0.4 is 5.32 Å². The Morgan fingerprint density at radius 1 is 0.967 bits per heavy atom. The minimum absolute atomic E-state index is 0.168. The largest absolute Gasteiger partial charge is 0.350 e. The van der Waals surface area contributed by atoms with Gasteiger partial charge in [-0.15, -0.1) is 0 Å². The standard InChI is InChI=1S/C25H29N3O2/c1-24(2,3)27-22(29)21-16-12-8-7-11-15(16)19-17-13-9-10-14-18(17)26-20(19)23(30)28(21)25(4,5)6/h7-14,21,26H,1-6H3,(H,27,29). The van der Waals surface area contributed by atoms with Crippen LogP contribution in [-0.2, 0) is 4.79 Å². The molecule has 1 aliphatic heterocycles. The highest BCUT2D eigenvalue weighted by Crippen LogP contribution is 2.44. The summed E-state index contributed by atoms with van der Waals surface area (Å²) in [5.41, 5.74) is 3.09. The number of fused-ring (bicyclic) bond motifs is 5. The molecule has 5 nitrogen and oxygen atoms in total. The van der Waals surface area contributed by atoms with Crippen LogP contribution in [0.5, 0.6) is 0 Å². The number of hydrogen-bond donors (Lipinski definition) is 2. The monoisotopic (exact) mass is 403 g/mol. The summed E-state index contributed by atoms with van der Waals surface area (Å²) >= 11 is 0. The molecule has 2 N–H and O–H groups in total. The van der Waals surface area contributed by atoms with Crippen molar-refractivity contribution < 1.29 is 9.59 Å². The molecule has 1 unspecified atom stereocenters. The van der Waals surface area contributed by atoms with E-state index in [0.29, 0.717) is 5.69 Å². The molecule has 2 aromatic carbocycles. The third kappa shape index (κ3) is 3.28. The molecule has 0 aliphatic carbocycles. The molecule has 0 radical (unpaired) electrons. The number of aromatic nitrogens is 1. The molecular weight excluding hydrogens is 374 g/mol. The fourth-order valence-corrected chi connectivity index (χ4v) is 4.31. The van der Waals surface area contributed by atoms with E-state index in [1.54, 1.807) is 4.90 Å². The molecule has 30 heavy (non-hydrogen) atoms. The second-order valence-corrected chi connectivity index (χ2v) is 10.00. The van der Waals surface area contributed by atoms with Gasteiger partial charge in [0.25, 0.3) is 5.91 Å². The SMILES string of the molecule is CC(C)(C)NC(=O)C1c2ccccc2-c2c([nH]c3ccccc23)C(=O)N1C(C)(C)C. The molecule has 1 atom stereocenters. The minimum atomic E-state index is -0.729. The topological polar surface area (TPSA) is 65.2 Å². The van der Waals surface area contributed by atoms with Crippen LogP contribution in [0.15, 0.2) is 48.5 Å². The Balaban J connectivity index is 2.05. The Labute approximate surface area is 177 Å². The van der Waals surface area contributed by atoms with Gasteiger partial charge in [-0.25, -0.2) is 0 Å². The highest BCUT2D eigenvalue weighted by molar-refractivity contribution is 6.13. The second kappa shape index (κ2) is 6.73. The Morgan fingerprint density at radius 3 is 2.27 bits per heavy atom. The molecule has 1 aromatic heterocycles. The van der Waals surface area contributed by atoms with Crippen LogP contribution >= 0.6 is 0 Å². The molecule has 0 saturated carbocycles. The smallest absolute Gasteiger partial charge is 0.272 e.